The van der Waals surface area contributed by atoms with Crippen molar-refractivity contribution >= 4 is 55.2 Å². The highest BCUT2D eigenvalue weighted by Crippen LogP contribution is 2.26. The Morgan fingerprint density at radius 2 is 0.978 bits per heavy atom. The first kappa shape index (κ1) is 30.3. The van der Waals surface area contributed by atoms with Crippen molar-refractivity contribution in [3.05, 3.63) is 152 Å². The summed E-state index contributed by atoms with van der Waals surface area (Å²) in [4.78, 5) is 14.7. The minimum absolute atomic E-state index is 0.666. The van der Waals surface area contributed by atoms with Crippen molar-refractivity contribution < 1.29 is 9.47 Å². The van der Waals surface area contributed by atoms with Crippen LogP contribution in [0.4, 0.5) is 0 Å². The van der Waals surface area contributed by atoms with Gasteiger partial charge in [-0.15, -0.1) is 0 Å². The molecule has 0 radical (unpaired) electrons. The van der Waals surface area contributed by atoms with Crippen molar-refractivity contribution in [2.45, 2.75) is 12.8 Å². The first-order valence-corrected chi connectivity index (χ1v) is 17.7. The van der Waals surface area contributed by atoms with Crippen LogP contribution in [0.25, 0.3) is 23.3 Å². The van der Waals surface area contributed by atoms with Crippen molar-refractivity contribution in [1.29, 1.82) is 0 Å². The predicted molar refractivity (Wildman–Crippen MR) is 193 cm³/mol. The van der Waals surface area contributed by atoms with Crippen LogP contribution in [-0.2, 0) is 0 Å². The zero-order chi connectivity index (χ0) is 31.3. The fourth-order valence-electron chi connectivity index (χ4n) is 5.79. The number of rotatable bonds is 10. The summed E-state index contributed by atoms with van der Waals surface area (Å²) in [6.45, 7) is 1.33. The third-order valence-electron chi connectivity index (χ3n) is 7.87. The summed E-state index contributed by atoms with van der Waals surface area (Å²) < 4.78 is 12.1. The van der Waals surface area contributed by atoms with Gasteiger partial charge in [-0.1, -0.05) is 56.1 Å². The lowest BCUT2D eigenvalue weighted by molar-refractivity contribution is 0.319. The molecule has 7 rings (SSSR count). The maximum Gasteiger partial charge on any atom is 0.119 e. The summed E-state index contributed by atoms with van der Waals surface area (Å²) in [6.07, 6.45) is 6.18. The lowest BCUT2D eigenvalue weighted by Crippen LogP contribution is -2.16. The Balaban J connectivity index is 1.38. The van der Waals surface area contributed by atoms with Crippen LogP contribution >= 0.6 is 31.9 Å². The molecule has 46 heavy (non-hydrogen) atoms. The quantitative estimate of drug-likeness (QED) is 0.106. The van der Waals surface area contributed by atoms with Crippen LogP contribution in [0, 0.1) is 0 Å². The lowest BCUT2D eigenvalue weighted by Gasteiger charge is -2.10. The Morgan fingerprint density at radius 3 is 1.43 bits per heavy atom. The normalized spacial score (nSPS) is 12.5. The number of hydrogen-bond donors (Lipinski definition) is 4. The highest BCUT2D eigenvalue weighted by atomic mass is 79.9. The van der Waals surface area contributed by atoms with Gasteiger partial charge >= 0.3 is 0 Å². The Morgan fingerprint density at radius 1 is 0.500 bits per heavy atom. The topological polar surface area (TPSA) is 81.6 Å². The van der Waals surface area contributed by atoms with Gasteiger partial charge in [0.2, 0.25) is 0 Å². The van der Waals surface area contributed by atoms with Gasteiger partial charge in [0.15, 0.2) is 0 Å². The number of ether oxygens (including phenoxy) is 2. The van der Waals surface area contributed by atoms with E-state index in [0.717, 1.165) is 101 Å². The molecule has 0 saturated carbocycles. The van der Waals surface area contributed by atoms with Gasteiger partial charge in [-0.2, -0.15) is 0 Å². The van der Waals surface area contributed by atoms with Crippen LogP contribution in [-0.4, -0.2) is 43.8 Å². The van der Waals surface area contributed by atoms with Crippen LogP contribution in [0.3, 0.4) is 0 Å². The molecule has 6 nitrogen and oxygen atoms in total. The lowest BCUT2D eigenvalue weighted by atomic mass is 10.0. The average molecular weight is 739 g/mol. The molecule has 232 valence electrons. The molecule has 0 spiro atoms. The molecule has 0 amide bonds. The molecule has 0 atom stereocenters. The SMILES string of the molecule is BrCCCOc1cccc(C2=c3ccc([nH]3)=Cc3ccc([nH]3)C(c3cccc(OCCCBr)c3)=c3ccc([nH]3)=Cc3ccc2[nH]3)c1. The third-order valence-corrected chi connectivity index (χ3v) is 8.99. The van der Waals surface area contributed by atoms with Gasteiger partial charge in [-0.05, 0) is 109 Å². The number of alkyl halides is 2. The molecule has 4 N–H and O–H groups in total. The summed E-state index contributed by atoms with van der Waals surface area (Å²) in [5, 5.41) is 5.86. The van der Waals surface area contributed by atoms with Crippen LogP contribution in [0.1, 0.15) is 46.7 Å². The molecule has 8 heteroatoms. The standard InChI is InChI=1S/C38H34Br2N4O2/c39-17-3-19-45-31-7-1-5-25(21-31)37-33-13-9-27(41-33)23-29-11-15-35(43-29)38(26-6-2-8-32(22-26)46-20-4-18-40)36-16-12-30(44-36)24-28-10-14-34(37)42-28/h1-2,5-16,21-24,41-44H,3-4,17-20H2. The molecule has 8 bridgehead atoms. The fourth-order valence-corrected chi connectivity index (χ4v) is 6.24. The van der Waals surface area contributed by atoms with Gasteiger partial charge in [0.25, 0.3) is 0 Å². The van der Waals surface area contributed by atoms with Crippen molar-refractivity contribution in [3.63, 3.8) is 0 Å². The number of aromatic amines is 4. The number of hydrogen-bond acceptors (Lipinski definition) is 2. The van der Waals surface area contributed by atoms with Crippen LogP contribution in [0.5, 0.6) is 11.5 Å². The minimum Gasteiger partial charge on any atom is -0.494 e. The van der Waals surface area contributed by atoms with E-state index in [1.165, 1.54) is 0 Å². The van der Waals surface area contributed by atoms with Crippen LogP contribution in [0.15, 0.2) is 97.1 Å². The number of halogens is 2. The van der Waals surface area contributed by atoms with Gasteiger partial charge in [-0.3, -0.25) is 0 Å². The summed E-state index contributed by atoms with van der Waals surface area (Å²) in [6, 6.07) is 33.7. The van der Waals surface area contributed by atoms with E-state index in [4.69, 9.17) is 9.47 Å². The first-order chi connectivity index (χ1) is 22.7. The second-order valence-corrected chi connectivity index (χ2v) is 12.8. The van der Waals surface area contributed by atoms with Gasteiger partial charge in [0, 0.05) is 66.0 Å². The maximum atomic E-state index is 6.05. The van der Waals surface area contributed by atoms with E-state index < -0.39 is 0 Å². The van der Waals surface area contributed by atoms with Gasteiger partial charge in [-0.25, -0.2) is 0 Å². The van der Waals surface area contributed by atoms with Gasteiger partial charge in [0.05, 0.1) is 13.2 Å². The summed E-state index contributed by atoms with van der Waals surface area (Å²) in [5.74, 6) is 1.71. The molecule has 6 aromatic rings. The third kappa shape index (κ3) is 6.73. The molecule has 4 aromatic heterocycles. The molecule has 0 saturated heterocycles. The Labute approximate surface area is 283 Å². The Bertz CT molecular complexity index is 2060. The van der Waals surface area contributed by atoms with E-state index in [2.05, 4.69) is 149 Å². The summed E-state index contributed by atoms with van der Waals surface area (Å²) >= 11 is 6.98. The Kier molecular flexibility index (Phi) is 9.17. The molecule has 0 fully saturated rings. The molecule has 5 heterocycles. The van der Waals surface area contributed by atoms with E-state index in [9.17, 15) is 0 Å². The van der Waals surface area contributed by atoms with E-state index in [0.29, 0.717) is 13.2 Å². The van der Waals surface area contributed by atoms with Crippen molar-refractivity contribution in [1.82, 2.24) is 19.9 Å². The largest absolute Gasteiger partial charge is 0.494 e. The highest BCUT2D eigenvalue weighted by Gasteiger charge is 2.13. The van der Waals surface area contributed by atoms with E-state index in [1.54, 1.807) is 0 Å². The van der Waals surface area contributed by atoms with Crippen LogP contribution < -0.4 is 30.9 Å². The monoisotopic (exact) mass is 736 g/mol. The number of fused-ring (bicyclic) bond motifs is 8. The molecule has 1 aliphatic heterocycles. The molecule has 0 aliphatic carbocycles. The molecule has 1 aliphatic rings. The average Bonchev–Trinajstić information content (AvgIpc) is 3.89. The first-order valence-electron chi connectivity index (χ1n) is 15.5. The van der Waals surface area contributed by atoms with Gasteiger partial charge < -0.3 is 29.4 Å². The maximum absolute atomic E-state index is 6.05. The smallest absolute Gasteiger partial charge is 0.119 e. The zero-order valence-corrected chi connectivity index (χ0v) is 28.4. The molecule has 2 aromatic carbocycles. The van der Waals surface area contributed by atoms with Crippen LogP contribution in [0.2, 0.25) is 0 Å². The van der Waals surface area contributed by atoms with Crippen molar-refractivity contribution in [2.75, 3.05) is 23.9 Å². The summed E-state index contributed by atoms with van der Waals surface area (Å²) in [7, 11) is 0. The van der Waals surface area contributed by atoms with E-state index in [-0.39, 0.29) is 0 Å². The second-order valence-electron chi connectivity index (χ2n) is 11.2. The number of aromatic nitrogens is 4. The Hall–Kier alpha value is -4.40. The number of benzene rings is 2. The van der Waals surface area contributed by atoms with E-state index in [1.807, 2.05) is 12.1 Å². The zero-order valence-electron chi connectivity index (χ0n) is 25.2. The highest BCUT2D eigenvalue weighted by molar-refractivity contribution is 9.09. The molecular formula is C38H34Br2N4O2. The molecule has 0 unspecified atom stereocenters. The van der Waals surface area contributed by atoms with Crippen molar-refractivity contribution in [2.24, 2.45) is 0 Å². The number of nitrogens with one attached hydrogen (secondary N) is 4. The second kappa shape index (κ2) is 13.9. The minimum atomic E-state index is 0.666. The summed E-state index contributed by atoms with van der Waals surface area (Å²) in [5.41, 5.74) is 8.33. The van der Waals surface area contributed by atoms with E-state index >= 15 is 0 Å². The van der Waals surface area contributed by atoms with Gasteiger partial charge in [0.1, 0.15) is 11.5 Å². The fraction of sp³-hybridized carbons (Fsp3) is 0.158. The predicted octanol–water partition coefficient (Wildman–Crippen LogP) is 5.79. The number of H-pyrrole nitrogens is 4. The van der Waals surface area contributed by atoms with Crippen molar-refractivity contribution in [3.8, 4) is 11.5 Å². The molecular weight excluding hydrogens is 704 g/mol.